The van der Waals surface area contributed by atoms with Gasteiger partial charge in [-0.25, -0.2) is 4.39 Å². The highest BCUT2D eigenvalue weighted by Crippen LogP contribution is 2.06. The predicted molar refractivity (Wildman–Crippen MR) is 71.4 cm³/mol. The minimum Gasteiger partial charge on any atom is -0.341 e. The summed E-state index contributed by atoms with van der Waals surface area (Å²) >= 11 is 0. The molecule has 0 aromatic heterocycles. The average molecular weight is 273 g/mol. The molecule has 1 heterocycles. The van der Waals surface area contributed by atoms with Crippen molar-refractivity contribution < 1.29 is 9.18 Å². The minimum atomic E-state index is -0.264. The summed E-state index contributed by atoms with van der Waals surface area (Å²) < 4.78 is 12.7. The number of hydrogen-bond acceptors (Lipinski definition) is 2. The molecule has 0 bridgehead atoms. The topological polar surface area (TPSA) is 32.3 Å². The maximum absolute atomic E-state index is 12.7. The van der Waals surface area contributed by atoms with Crippen molar-refractivity contribution >= 4 is 18.3 Å². The highest BCUT2D eigenvalue weighted by atomic mass is 35.5. The van der Waals surface area contributed by atoms with E-state index in [0.717, 1.165) is 38.2 Å². The van der Waals surface area contributed by atoms with Gasteiger partial charge in [0, 0.05) is 19.6 Å². The quantitative estimate of drug-likeness (QED) is 0.887. The Labute approximate surface area is 113 Å². The van der Waals surface area contributed by atoms with Crippen LogP contribution in [0.4, 0.5) is 4.39 Å². The lowest BCUT2D eigenvalue weighted by molar-refractivity contribution is -0.130. The number of amides is 1. The Morgan fingerprint density at radius 3 is 2.67 bits per heavy atom. The van der Waals surface area contributed by atoms with Crippen molar-refractivity contribution in [2.45, 2.75) is 12.8 Å². The minimum absolute atomic E-state index is 0. The summed E-state index contributed by atoms with van der Waals surface area (Å²) in [4.78, 5) is 13.9. The molecule has 1 aromatic carbocycles. The molecule has 5 heteroatoms. The van der Waals surface area contributed by atoms with Crippen LogP contribution in [0.1, 0.15) is 12.0 Å². The largest absolute Gasteiger partial charge is 0.341 e. The fourth-order valence-electron chi connectivity index (χ4n) is 1.98. The maximum atomic E-state index is 12.7. The fourth-order valence-corrected chi connectivity index (χ4v) is 1.98. The van der Waals surface area contributed by atoms with Crippen LogP contribution in [-0.2, 0) is 11.2 Å². The van der Waals surface area contributed by atoms with Gasteiger partial charge in [-0.3, -0.25) is 4.79 Å². The second kappa shape index (κ2) is 7.34. The van der Waals surface area contributed by atoms with Gasteiger partial charge in [0.25, 0.3) is 0 Å². The van der Waals surface area contributed by atoms with Gasteiger partial charge in [0.15, 0.2) is 0 Å². The Kier molecular flexibility index (Phi) is 6.09. The smallest absolute Gasteiger partial charge is 0.227 e. The third-order valence-electron chi connectivity index (χ3n) is 2.96. The van der Waals surface area contributed by atoms with E-state index in [0.29, 0.717) is 6.42 Å². The van der Waals surface area contributed by atoms with E-state index in [2.05, 4.69) is 5.32 Å². The van der Waals surface area contributed by atoms with Gasteiger partial charge in [0.05, 0.1) is 6.42 Å². The number of rotatable bonds is 2. The first-order valence-corrected chi connectivity index (χ1v) is 5.98. The van der Waals surface area contributed by atoms with Gasteiger partial charge in [-0.1, -0.05) is 12.1 Å². The molecule has 1 amide bonds. The molecular formula is C13H18ClFN2O. The number of halogens is 2. The zero-order valence-electron chi connectivity index (χ0n) is 10.2. The first-order chi connectivity index (χ1) is 8.25. The Balaban J connectivity index is 0.00000162. The number of benzene rings is 1. The number of carbonyl (C=O) groups is 1. The van der Waals surface area contributed by atoms with Crippen LogP contribution in [0, 0.1) is 5.82 Å². The monoisotopic (exact) mass is 272 g/mol. The number of nitrogens with zero attached hydrogens (tertiary/aromatic N) is 1. The standard InChI is InChI=1S/C13H17FN2O.ClH/c14-12-4-2-11(3-5-12)10-13(17)16-8-1-6-15-7-9-16;/h2-5,15H,1,6-10H2;1H. The van der Waals surface area contributed by atoms with Crippen LogP contribution in [-0.4, -0.2) is 37.0 Å². The van der Waals surface area contributed by atoms with E-state index < -0.39 is 0 Å². The second-order valence-electron chi connectivity index (χ2n) is 4.29. The number of carbonyl (C=O) groups excluding carboxylic acids is 1. The van der Waals surface area contributed by atoms with Crippen molar-refractivity contribution in [2.24, 2.45) is 0 Å². The van der Waals surface area contributed by atoms with E-state index in [9.17, 15) is 9.18 Å². The molecule has 1 saturated heterocycles. The van der Waals surface area contributed by atoms with Crippen molar-refractivity contribution in [3.63, 3.8) is 0 Å². The molecule has 100 valence electrons. The average Bonchev–Trinajstić information content (AvgIpc) is 2.61. The Morgan fingerprint density at radius 2 is 1.94 bits per heavy atom. The van der Waals surface area contributed by atoms with Crippen LogP contribution >= 0.6 is 12.4 Å². The second-order valence-corrected chi connectivity index (χ2v) is 4.29. The van der Waals surface area contributed by atoms with Crippen molar-refractivity contribution in [1.82, 2.24) is 10.2 Å². The van der Waals surface area contributed by atoms with Gasteiger partial charge < -0.3 is 10.2 Å². The molecule has 3 nitrogen and oxygen atoms in total. The van der Waals surface area contributed by atoms with Crippen molar-refractivity contribution in [1.29, 1.82) is 0 Å². The summed E-state index contributed by atoms with van der Waals surface area (Å²) in [6.45, 7) is 3.41. The van der Waals surface area contributed by atoms with Gasteiger partial charge in [-0.2, -0.15) is 0 Å². The summed E-state index contributed by atoms with van der Waals surface area (Å²) in [5.74, 6) is -0.138. The zero-order chi connectivity index (χ0) is 12.1. The molecule has 2 rings (SSSR count). The first-order valence-electron chi connectivity index (χ1n) is 5.98. The lowest BCUT2D eigenvalue weighted by atomic mass is 10.1. The molecule has 1 aliphatic heterocycles. The van der Waals surface area contributed by atoms with Gasteiger partial charge in [0.2, 0.25) is 5.91 Å². The van der Waals surface area contributed by atoms with Crippen LogP contribution in [0.2, 0.25) is 0 Å². The van der Waals surface area contributed by atoms with E-state index in [4.69, 9.17) is 0 Å². The highest BCUT2D eigenvalue weighted by molar-refractivity contribution is 5.85. The van der Waals surface area contributed by atoms with Gasteiger partial charge >= 0.3 is 0 Å². The van der Waals surface area contributed by atoms with Gasteiger partial charge in [0.1, 0.15) is 5.82 Å². The van der Waals surface area contributed by atoms with Crippen LogP contribution in [0.25, 0.3) is 0 Å². The fraction of sp³-hybridized carbons (Fsp3) is 0.462. The zero-order valence-corrected chi connectivity index (χ0v) is 11.0. The van der Waals surface area contributed by atoms with E-state index in [1.54, 1.807) is 12.1 Å². The van der Waals surface area contributed by atoms with Crippen LogP contribution in [0.3, 0.4) is 0 Å². The molecule has 0 atom stereocenters. The lowest BCUT2D eigenvalue weighted by Crippen LogP contribution is -2.35. The molecule has 1 N–H and O–H groups in total. The first kappa shape index (κ1) is 14.9. The van der Waals surface area contributed by atoms with E-state index in [1.165, 1.54) is 12.1 Å². The van der Waals surface area contributed by atoms with E-state index in [-0.39, 0.29) is 24.1 Å². The van der Waals surface area contributed by atoms with Gasteiger partial charge in [-0.05, 0) is 30.7 Å². The lowest BCUT2D eigenvalue weighted by Gasteiger charge is -2.19. The molecule has 18 heavy (non-hydrogen) atoms. The maximum Gasteiger partial charge on any atom is 0.227 e. The third kappa shape index (κ3) is 4.27. The molecule has 0 unspecified atom stereocenters. The van der Waals surface area contributed by atoms with E-state index >= 15 is 0 Å². The normalized spacial score (nSPS) is 15.7. The van der Waals surface area contributed by atoms with E-state index in [1.807, 2.05) is 4.90 Å². The third-order valence-corrected chi connectivity index (χ3v) is 2.96. The van der Waals surface area contributed by atoms with Gasteiger partial charge in [-0.15, -0.1) is 12.4 Å². The van der Waals surface area contributed by atoms with Crippen LogP contribution in [0.5, 0.6) is 0 Å². The summed E-state index contributed by atoms with van der Waals surface area (Å²) in [7, 11) is 0. The number of nitrogens with one attached hydrogen (secondary N) is 1. The molecule has 1 aromatic rings. The summed E-state index contributed by atoms with van der Waals surface area (Å²) in [6.07, 6.45) is 1.36. The molecule has 1 fully saturated rings. The number of hydrogen-bond donors (Lipinski definition) is 1. The van der Waals surface area contributed by atoms with Crippen molar-refractivity contribution in [2.75, 3.05) is 26.2 Å². The molecule has 0 radical (unpaired) electrons. The van der Waals surface area contributed by atoms with Crippen molar-refractivity contribution in [3.8, 4) is 0 Å². The summed E-state index contributed by atoms with van der Waals surface area (Å²) in [5.41, 5.74) is 0.869. The SMILES string of the molecule is Cl.O=C(Cc1ccc(F)cc1)N1CCCNCC1. The highest BCUT2D eigenvalue weighted by Gasteiger charge is 2.15. The molecule has 0 aliphatic carbocycles. The molecular weight excluding hydrogens is 255 g/mol. The Bertz CT molecular complexity index is 375. The van der Waals surface area contributed by atoms with Crippen molar-refractivity contribution in [3.05, 3.63) is 35.6 Å². The van der Waals surface area contributed by atoms with Crippen LogP contribution in [0.15, 0.2) is 24.3 Å². The Morgan fingerprint density at radius 1 is 1.22 bits per heavy atom. The van der Waals surface area contributed by atoms with Crippen LogP contribution < -0.4 is 5.32 Å². The summed E-state index contributed by atoms with van der Waals surface area (Å²) in [6, 6.07) is 6.13. The molecule has 0 saturated carbocycles. The molecule has 0 spiro atoms. The predicted octanol–water partition coefficient (Wildman–Crippen LogP) is 1.61. The Hall–Kier alpha value is -1.13. The summed E-state index contributed by atoms with van der Waals surface area (Å²) in [5, 5.41) is 3.26. The molecule has 1 aliphatic rings.